The summed E-state index contributed by atoms with van der Waals surface area (Å²) in [5.74, 6) is -0.436. The van der Waals surface area contributed by atoms with Gasteiger partial charge in [-0.2, -0.15) is 0 Å². The van der Waals surface area contributed by atoms with E-state index in [1.54, 1.807) is 0 Å². The molecule has 3 atom stereocenters. The van der Waals surface area contributed by atoms with Crippen LogP contribution in [0.2, 0.25) is 18.1 Å². The summed E-state index contributed by atoms with van der Waals surface area (Å²) in [5, 5.41) is 0.0312. The second-order valence-corrected chi connectivity index (χ2v) is 20.0. The summed E-state index contributed by atoms with van der Waals surface area (Å²) >= 11 is 0. The van der Waals surface area contributed by atoms with Crippen molar-refractivity contribution in [2.24, 2.45) is 5.92 Å². The van der Waals surface area contributed by atoms with Crippen LogP contribution in [0.25, 0.3) is 0 Å². The largest absolute Gasteiger partial charge is 0.461 e. The molecule has 0 aliphatic heterocycles. The molecule has 0 aliphatic rings. The minimum atomic E-state index is -2.20. The van der Waals surface area contributed by atoms with Crippen molar-refractivity contribution in [2.75, 3.05) is 0 Å². The second-order valence-electron chi connectivity index (χ2n) is 15.2. The van der Waals surface area contributed by atoms with Gasteiger partial charge in [-0.05, 0) is 48.5 Å². The van der Waals surface area contributed by atoms with E-state index in [4.69, 9.17) is 13.9 Å². The van der Waals surface area contributed by atoms with E-state index < -0.39 is 8.32 Å². The predicted octanol–water partition coefficient (Wildman–Crippen LogP) is 12.6. The molecule has 0 fully saturated rings. The van der Waals surface area contributed by atoms with Gasteiger partial charge >= 0.3 is 5.97 Å². The summed E-state index contributed by atoms with van der Waals surface area (Å²) in [4.78, 5) is 14.0. The Morgan fingerprint density at radius 3 is 1.66 bits per heavy atom. The number of benzene rings is 2. The fourth-order valence-electron chi connectivity index (χ4n) is 5.93. The molecule has 0 saturated heterocycles. The van der Waals surface area contributed by atoms with Crippen LogP contribution in [0.1, 0.15) is 148 Å². The first-order valence-electron chi connectivity index (χ1n) is 19.1. The highest BCUT2D eigenvalue weighted by atomic mass is 28.4. The Morgan fingerprint density at radius 2 is 1.13 bits per heavy atom. The van der Waals surface area contributed by atoms with Crippen molar-refractivity contribution in [3.8, 4) is 0 Å². The van der Waals surface area contributed by atoms with Crippen LogP contribution in [0, 0.1) is 5.92 Å². The molecule has 0 aromatic heterocycles. The van der Waals surface area contributed by atoms with Gasteiger partial charge < -0.3 is 13.9 Å². The molecule has 0 bridgehead atoms. The third kappa shape index (κ3) is 17.3. The molecular formula is C42H70O4Si. The van der Waals surface area contributed by atoms with Gasteiger partial charge in [0.1, 0.15) is 6.61 Å². The molecule has 266 valence electrons. The van der Waals surface area contributed by atoms with Crippen molar-refractivity contribution in [3.05, 3.63) is 71.8 Å². The van der Waals surface area contributed by atoms with Crippen molar-refractivity contribution in [1.29, 1.82) is 0 Å². The highest BCUT2D eigenvalue weighted by Gasteiger charge is 2.43. The number of unbranched alkanes of at least 4 members (excludes halogenated alkanes) is 11. The van der Waals surface area contributed by atoms with E-state index in [1.165, 1.54) is 69.8 Å². The van der Waals surface area contributed by atoms with E-state index in [1.807, 2.05) is 30.3 Å². The van der Waals surface area contributed by atoms with E-state index in [0.29, 0.717) is 13.2 Å². The number of carbonyl (C=O) groups is 1. The molecule has 0 spiro atoms. The Balaban J connectivity index is 2.25. The molecular weight excluding hydrogens is 597 g/mol. The first kappa shape index (κ1) is 41.2. The lowest BCUT2D eigenvalue weighted by Gasteiger charge is -2.42. The normalized spacial score (nSPS) is 14.1. The fourth-order valence-corrected chi connectivity index (χ4v) is 7.30. The topological polar surface area (TPSA) is 44.8 Å². The van der Waals surface area contributed by atoms with Gasteiger partial charge in [0.25, 0.3) is 0 Å². The van der Waals surface area contributed by atoms with Gasteiger partial charge in [0.05, 0.1) is 24.7 Å². The molecule has 2 rings (SSSR count). The quantitative estimate of drug-likeness (QED) is 0.0569. The Morgan fingerprint density at radius 1 is 0.660 bits per heavy atom. The molecule has 0 heterocycles. The molecule has 0 aliphatic carbocycles. The van der Waals surface area contributed by atoms with Crippen LogP contribution in [0.5, 0.6) is 0 Å². The third-order valence-electron chi connectivity index (χ3n) is 10.0. The standard InChI is InChI=1S/C42H70O4Si/c1-8-10-12-14-15-16-17-18-25-31-38(44-34-36-27-21-19-22-28-36)33-40(46-47(6,7)42(3,4)5)39(32-26-13-11-9-2)41(43)45-35-37-29-23-20-24-30-37/h19-24,27-30,38-40H,8-18,25-26,31-35H2,1-7H3/t38-,39-,40+/m1/s1. The van der Waals surface area contributed by atoms with Gasteiger partial charge in [0.2, 0.25) is 0 Å². The summed E-state index contributed by atoms with van der Waals surface area (Å²) in [5.41, 5.74) is 2.20. The highest BCUT2D eigenvalue weighted by Crippen LogP contribution is 2.40. The predicted molar refractivity (Wildman–Crippen MR) is 202 cm³/mol. The highest BCUT2D eigenvalue weighted by molar-refractivity contribution is 6.74. The smallest absolute Gasteiger partial charge is 0.311 e. The molecule has 0 amide bonds. The second kappa shape index (κ2) is 23.4. The molecule has 4 nitrogen and oxygen atoms in total. The maximum Gasteiger partial charge on any atom is 0.311 e. The maximum atomic E-state index is 14.0. The molecule has 2 aromatic rings. The lowest BCUT2D eigenvalue weighted by molar-refractivity contribution is -0.155. The van der Waals surface area contributed by atoms with Gasteiger partial charge in [0, 0.05) is 0 Å². The molecule has 0 radical (unpaired) electrons. The van der Waals surface area contributed by atoms with Crippen LogP contribution in [0.15, 0.2) is 60.7 Å². The van der Waals surface area contributed by atoms with Crippen molar-refractivity contribution >= 4 is 14.3 Å². The van der Waals surface area contributed by atoms with E-state index >= 15 is 0 Å². The minimum absolute atomic E-state index is 0.0228. The van der Waals surface area contributed by atoms with Crippen molar-refractivity contribution in [1.82, 2.24) is 0 Å². The minimum Gasteiger partial charge on any atom is -0.461 e. The van der Waals surface area contributed by atoms with Crippen molar-refractivity contribution in [3.63, 3.8) is 0 Å². The van der Waals surface area contributed by atoms with Gasteiger partial charge in [-0.3, -0.25) is 4.79 Å². The number of carbonyl (C=O) groups excluding carboxylic acids is 1. The first-order chi connectivity index (χ1) is 22.6. The van der Waals surface area contributed by atoms with Crippen LogP contribution in [0.3, 0.4) is 0 Å². The molecule has 47 heavy (non-hydrogen) atoms. The molecule has 5 heteroatoms. The number of esters is 1. The Bertz CT molecular complexity index is 1050. The summed E-state index contributed by atoms with van der Waals surface area (Å²) in [6.45, 7) is 16.9. The average Bonchev–Trinajstić information content (AvgIpc) is 3.05. The fraction of sp³-hybridized carbons (Fsp3) is 0.690. The van der Waals surface area contributed by atoms with E-state index in [0.717, 1.165) is 44.1 Å². The van der Waals surface area contributed by atoms with Crippen LogP contribution >= 0.6 is 0 Å². The van der Waals surface area contributed by atoms with Crippen LogP contribution in [0.4, 0.5) is 0 Å². The zero-order valence-corrected chi connectivity index (χ0v) is 32.4. The maximum absolute atomic E-state index is 14.0. The third-order valence-corrected chi connectivity index (χ3v) is 14.6. The van der Waals surface area contributed by atoms with Gasteiger partial charge in [-0.15, -0.1) is 0 Å². The Labute approximate surface area is 290 Å². The van der Waals surface area contributed by atoms with Crippen LogP contribution in [-0.4, -0.2) is 26.5 Å². The lowest BCUT2D eigenvalue weighted by atomic mass is 9.90. The summed E-state index contributed by atoms with van der Waals surface area (Å²) in [7, 11) is -2.20. The monoisotopic (exact) mass is 667 g/mol. The van der Waals surface area contributed by atoms with Gasteiger partial charge in [0.15, 0.2) is 8.32 Å². The van der Waals surface area contributed by atoms with E-state index in [2.05, 4.69) is 78.0 Å². The Hall–Kier alpha value is -1.95. The zero-order valence-electron chi connectivity index (χ0n) is 31.4. The summed E-state index contributed by atoms with van der Waals surface area (Å²) < 4.78 is 20.0. The van der Waals surface area contributed by atoms with Gasteiger partial charge in [-0.25, -0.2) is 0 Å². The zero-order chi connectivity index (χ0) is 34.4. The number of hydrogen-bond acceptors (Lipinski definition) is 4. The molecule has 0 saturated carbocycles. The Kier molecular flexibility index (Phi) is 20.5. The first-order valence-corrected chi connectivity index (χ1v) is 22.0. The lowest BCUT2D eigenvalue weighted by Crippen LogP contribution is -2.48. The SMILES string of the molecule is CCCCCCCCCCC[C@H](C[C@H](O[Si](C)(C)C(C)(C)C)[C@@H](CCCCCC)C(=O)OCc1ccccc1)OCc1ccccc1. The van der Waals surface area contributed by atoms with Crippen molar-refractivity contribution < 1.29 is 18.7 Å². The summed E-state index contributed by atoms with van der Waals surface area (Å²) in [6.07, 6.45) is 18.5. The average molecular weight is 667 g/mol. The molecule has 2 aromatic carbocycles. The molecule has 0 unspecified atom stereocenters. The van der Waals surface area contributed by atoms with Crippen molar-refractivity contribution in [2.45, 2.75) is 181 Å². The number of rotatable bonds is 26. The van der Waals surface area contributed by atoms with Gasteiger partial charge in [-0.1, -0.05) is 179 Å². The summed E-state index contributed by atoms with van der Waals surface area (Å²) in [6, 6.07) is 20.5. The van der Waals surface area contributed by atoms with E-state index in [-0.39, 0.29) is 29.1 Å². The number of hydrogen-bond donors (Lipinski definition) is 0. The van der Waals surface area contributed by atoms with Crippen LogP contribution < -0.4 is 0 Å². The number of ether oxygens (including phenoxy) is 2. The van der Waals surface area contributed by atoms with E-state index in [9.17, 15) is 4.79 Å². The van der Waals surface area contributed by atoms with Crippen LogP contribution in [-0.2, 0) is 31.9 Å². The molecule has 0 N–H and O–H groups in total.